The standard InChI is InChI=1S/C10H20O/c1-8(7-11)4-5-9-6-10(9,2)3/h8-9,11H,4-7H2,1-3H3. The molecule has 1 rings (SSSR count). The maximum Gasteiger partial charge on any atom is 0.0456 e. The molecule has 0 bridgehead atoms. The van der Waals surface area contributed by atoms with Crippen LogP contribution in [0.4, 0.5) is 0 Å². The SMILES string of the molecule is CC(CO)CCC1CC1(C)C. The Kier molecular flexibility index (Phi) is 2.58. The van der Waals surface area contributed by atoms with Crippen LogP contribution in [0.5, 0.6) is 0 Å². The van der Waals surface area contributed by atoms with Crippen LogP contribution in [-0.2, 0) is 0 Å². The molecule has 0 radical (unpaired) electrons. The topological polar surface area (TPSA) is 20.2 Å². The molecule has 11 heavy (non-hydrogen) atoms. The van der Waals surface area contributed by atoms with Gasteiger partial charge in [0.15, 0.2) is 0 Å². The van der Waals surface area contributed by atoms with E-state index < -0.39 is 0 Å². The molecule has 2 unspecified atom stereocenters. The van der Waals surface area contributed by atoms with E-state index in [-0.39, 0.29) is 0 Å². The van der Waals surface area contributed by atoms with Gasteiger partial charge in [-0.15, -0.1) is 0 Å². The molecule has 1 aliphatic rings. The van der Waals surface area contributed by atoms with Crippen molar-refractivity contribution in [3.8, 4) is 0 Å². The summed E-state index contributed by atoms with van der Waals surface area (Å²) in [6.45, 7) is 7.14. The third-order valence-electron chi connectivity index (χ3n) is 3.04. The summed E-state index contributed by atoms with van der Waals surface area (Å²) in [6, 6.07) is 0. The lowest BCUT2D eigenvalue weighted by atomic mass is 10.0. The summed E-state index contributed by atoms with van der Waals surface area (Å²) in [7, 11) is 0. The lowest BCUT2D eigenvalue weighted by Gasteiger charge is -2.07. The molecule has 0 amide bonds. The van der Waals surface area contributed by atoms with Crippen molar-refractivity contribution < 1.29 is 5.11 Å². The fraction of sp³-hybridized carbons (Fsp3) is 1.00. The summed E-state index contributed by atoms with van der Waals surface area (Å²) < 4.78 is 0. The average Bonchev–Trinajstić information content (AvgIpc) is 2.54. The fourth-order valence-electron chi connectivity index (χ4n) is 1.65. The van der Waals surface area contributed by atoms with Crippen molar-refractivity contribution in [3.63, 3.8) is 0 Å². The van der Waals surface area contributed by atoms with E-state index in [9.17, 15) is 0 Å². The summed E-state index contributed by atoms with van der Waals surface area (Å²) in [5, 5.41) is 8.80. The molecule has 0 spiro atoms. The highest BCUT2D eigenvalue weighted by atomic mass is 16.3. The van der Waals surface area contributed by atoms with Gasteiger partial charge in [-0.25, -0.2) is 0 Å². The van der Waals surface area contributed by atoms with E-state index in [1.165, 1.54) is 19.3 Å². The van der Waals surface area contributed by atoms with Gasteiger partial charge in [0.25, 0.3) is 0 Å². The quantitative estimate of drug-likeness (QED) is 0.663. The largest absolute Gasteiger partial charge is 0.396 e. The Morgan fingerprint density at radius 3 is 2.45 bits per heavy atom. The van der Waals surface area contributed by atoms with Crippen LogP contribution < -0.4 is 0 Å². The van der Waals surface area contributed by atoms with Gasteiger partial charge in [0.2, 0.25) is 0 Å². The predicted octanol–water partition coefficient (Wildman–Crippen LogP) is 2.44. The molecule has 0 aromatic carbocycles. The van der Waals surface area contributed by atoms with Crippen molar-refractivity contribution in [1.82, 2.24) is 0 Å². The monoisotopic (exact) mass is 156 g/mol. The summed E-state index contributed by atoms with van der Waals surface area (Å²) in [6.07, 6.45) is 3.91. The van der Waals surface area contributed by atoms with Crippen LogP contribution in [0.25, 0.3) is 0 Å². The van der Waals surface area contributed by atoms with E-state index in [0.717, 1.165) is 5.92 Å². The zero-order valence-corrected chi connectivity index (χ0v) is 7.93. The van der Waals surface area contributed by atoms with E-state index in [0.29, 0.717) is 17.9 Å². The molecule has 1 fully saturated rings. The molecule has 1 nitrogen and oxygen atoms in total. The molecule has 1 heteroatoms. The molecule has 1 saturated carbocycles. The van der Waals surface area contributed by atoms with Crippen LogP contribution in [0, 0.1) is 17.3 Å². The van der Waals surface area contributed by atoms with Crippen molar-refractivity contribution in [1.29, 1.82) is 0 Å². The van der Waals surface area contributed by atoms with E-state index in [2.05, 4.69) is 20.8 Å². The van der Waals surface area contributed by atoms with Crippen LogP contribution in [0.1, 0.15) is 40.0 Å². The maximum atomic E-state index is 8.80. The Morgan fingerprint density at radius 1 is 1.55 bits per heavy atom. The van der Waals surface area contributed by atoms with Gasteiger partial charge in [0.1, 0.15) is 0 Å². The highest BCUT2D eigenvalue weighted by Gasteiger charge is 2.44. The number of aliphatic hydroxyl groups excluding tert-OH is 1. The highest BCUT2D eigenvalue weighted by Crippen LogP contribution is 2.54. The number of hydrogen-bond donors (Lipinski definition) is 1. The second kappa shape index (κ2) is 3.14. The molecular weight excluding hydrogens is 136 g/mol. The normalized spacial score (nSPS) is 30.0. The first-order valence-corrected chi connectivity index (χ1v) is 4.67. The lowest BCUT2D eigenvalue weighted by Crippen LogP contribution is -2.01. The molecule has 66 valence electrons. The van der Waals surface area contributed by atoms with E-state index in [4.69, 9.17) is 5.11 Å². The minimum Gasteiger partial charge on any atom is -0.396 e. The van der Waals surface area contributed by atoms with Crippen LogP contribution >= 0.6 is 0 Å². The van der Waals surface area contributed by atoms with Crippen molar-refractivity contribution in [2.75, 3.05) is 6.61 Å². The van der Waals surface area contributed by atoms with Crippen LogP contribution in [0.2, 0.25) is 0 Å². The first-order valence-electron chi connectivity index (χ1n) is 4.67. The zero-order chi connectivity index (χ0) is 8.48. The Hall–Kier alpha value is -0.0400. The average molecular weight is 156 g/mol. The summed E-state index contributed by atoms with van der Waals surface area (Å²) >= 11 is 0. The van der Waals surface area contributed by atoms with Gasteiger partial charge < -0.3 is 5.11 Å². The van der Waals surface area contributed by atoms with Crippen LogP contribution in [-0.4, -0.2) is 11.7 Å². The molecule has 0 saturated heterocycles. The number of rotatable bonds is 4. The third-order valence-corrected chi connectivity index (χ3v) is 3.04. The molecule has 0 aliphatic heterocycles. The summed E-state index contributed by atoms with van der Waals surface area (Å²) in [5.74, 6) is 1.45. The van der Waals surface area contributed by atoms with Gasteiger partial charge in [-0.2, -0.15) is 0 Å². The maximum absolute atomic E-state index is 8.80. The zero-order valence-electron chi connectivity index (χ0n) is 7.93. The Labute approximate surface area is 69.8 Å². The summed E-state index contributed by atoms with van der Waals surface area (Å²) in [5.41, 5.74) is 0.620. The van der Waals surface area contributed by atoms with E-state index >= 15 is 0 Å². The van der Waals surface area contributed by atoms with E-state index in [1.54, 1.807) is 0 Å². The van der Waals surface area contributed by atoms with Crippen molar-refractivity contribution in [2.45, 2.75) is 40.0 Å². The minimum absolute atomic E-state index is 0.354. The minimum atomic E-state index is 0.354. The van der Waals surface area contributed by atoms with Gasteiger partial charge in [-0.3, -0.25) is 0 Å². The first kappa shape index (κ1) is 9.05. The van der Waals surface area contributed by atoms with Gasteiger partial charge in [0, 0.05) is 6.61 Å². The molecule has 0 aromatic heterocycles. The molecular formula is C10H20O. The predicted molar refractivity (Wildman–Crippen MR) is 47.4 cm³/mol. The molecule has 1 aliphatic carbocycles. The van der Waals surface area contributed by atoms with Crippen molar-refractivity contribution in [2.24, 2.45) is 17.3 Å². The molecule has 2 atom stereocenters. The van der Waals surface area contributed by atoms with Gasteiger partial charge in [-0.05, 0) is 36.5 Å². The smallest absolute Gasteiger partial charge is 0.0456 e. The Balaban J connectivity index is 2.06. The second-order valence-corrected chi connectivity index (χ2v) is 4.75. The van der Waals surface area contributed by atoms with Gasteiger partial charge in [-0.1, -0.05) is 20.8 Å². The molecule has 0 heterocycles. The van der Waals surface area contributed by atoms with Crippen LogP contribution in [0.3, 0.4) is 0 Å². The second-order valence-electron chi connectivity index (χ2n) is 4.75. The van der Waals surface area contributed by atoms with Gasteiger partial charge >= 0.3 is 0 Å². The number of hydrogen-bond acceptors (Lipinski definition) is 1. The Bertz CT molecular complexity index is 129. The lowest BCUT2D eigenvalue weighted by molar-refractivity contribution is 0.225. The highest BCUT2D eigenvalue weighted by molar-refractivity contribution is 4.94. The first-order chi connectivity index (χ1) is 5.06. The third kappa shape index (κ3) is 2.48. The van der Waals surface area contributed by atoms with Crippen molar-refractivity contribution >= 4 is 0 Å². The van der Waals surface area contributed by atoms with E-state index in [1.807, 2.05) is 0 Å². The van der Waals surface area contributed by atoms with Crippen molar-refractivity contribution in [3.05, 3.63) is 0 Å². The summed E-state index contributed by atoms with van der Waals surface area (Å²) in [4.78, 5) is 0. The fourth-order valence-corrected chi connectivity index (χ4v) is 1.65. The van der Waals surface area contributed by atoms with Gasteiger partial charge in [0.05, 0.1) is 0 Å². The molecule has 0 aromatic rings. The Morgan fingerprint density at radius 2 is 2.09 bits per heavy atom. The number of aliphatic hydroxyl groups is 1. The van der Waals surface area contributed by atoms with Crippen LogP contribution in [0.15, 0.2) is 0 Å². The molecule has 1 N–H and O–H groups in total.